The molecule has 0 bridgehead atoms. The molecule has 0 fully saturated rings. The van der Waals surface area contributed by atoms with Crippen molar-refractivity contribution in [3.8, 4) is 34.3 Å². The molecule has 7 nitrogen and oxygen atoms in total. The molecule has 162 valence electrons. The number of hydrogen-bond acceptors (Lipinski definition) is 6. The fourth-order valence-corrected chi connectivity index (χ4v) is 2.79. The average molecular weight is 422 g/mol. The number of carbonyl (C=O) groups excluding carboxylic acids is 1. The van der Waals surface area contributed by atoms with Crippen LogP contribution in [0.2, 0.25) is 0 Å². The Balaban J connectivity index is 1.80. The Kier molecular flexibility index (Phi) is 6.97. The highest BCUT2D eigenvalue weighted by Crippen LogP contribution is 2.39. The number of H-pyrrole nitrogens is 1. The molecule has 0 aliphatic heterocycles. The number of rotatable bonds is 9. The van der Waals surface area contributed by atoms with Crippen LogP contribution in [-0.4, -0.2) is 34.5 Å². The van der Waals surface area contributed by atoms with E-state index in [0.717, 1.165) is 12.0 Å². The van der Waals surface area contributed by atoms with Crippen molar-refractivity contribution in [2.45, 2.75) is 27.2 Å². The number of nitrogens with one attached hydrogen (secondary N) is 1. The molecule has 0 aliphatic carbocycles. The zero-order valence-corrected chi connectivity index (χ0v) is 17.9. The maximum atomic E-state index is 12.0. The number of benzene rings is 2. The molecular formula is C24H26N2O5. The summed E-state index contributed by atoms with van der Waals surface area (Å²) in [6, 6.07) is 11.7. The second kappa shape index (κ2) is 9.84. The summed E-state index contributed by atoms with van der Waals surface area (Å²) in [5.41, 5.74) is 3.00. The van der Waals surface area contributed by atoms with Crippen molar-refractivity contribution in [1.82, 2.24) is 10.2 Å². The highest BCUT2D eigenvalue weighted by atomic mass is 16.5. The van der Waals surface area contributed by atoms with E-state index >= 15 is 0 Å². The molecular weight excluding hydrogens is 396 g/mol. The van der Waals surface area contributed by atoms with Gasteiger partial charge in [0.25, 0.3) is 0 Å². The van der Waals surface area contributed by atoms with Crippen molar-refractivity contribution >= 4 is 5.97 Å². The van der Waals surface area contributed by atoms with Crippen molar-refractivity contribution in [1.29, 1.82) is 0 Å². The molecule has 1 heterocycles. The number of aromatic amines is 1. The van der Waals surface area contributed by atoms with Crippen molar-refractivity contribution in [3.63, 3.8) is 0 Å². The molecule has 0 amide bonds. The van der Waals surface area contributed by atoms with Crippen LogP contribution >= 0.6 is 0 Å². The number of aromatic hydroxyl groups is 1. The number of phenols is 1. The van der Waals surface area contributed by atoms with Crippen LogP contribution in [0.3, 0.4) is 0 Å². The Labute approximate surface area is 181 Å². The number of phenolic OH excluding ortho intramolecular Hbond substituents is 1. The van der Waals surface area contributed by atoms with E-state index in [-0.39, 0.29) is 11.7 Å². The molecule has 0 unspecified atom stereocenters. The summed E-state index contributed by atoms with van der Waals surface area (Å²) in [6.07, 6.45) is 0.767. The minimum absolute atomic E-state index is 0.0181. The van der Waals surface area contributed by atoms with Gasteiger partial charge in [0.1, 0.15) is 29.5 Å². The second-order valence-corrected chi connectivity index (χ2v) is 7.21. The molecule has 2 N–H and O–H groups in total. The number of ether oxygens (including phenoxy) is 3. The molecule has 1 aromatic heterocycles. The van der Waals surface area contributed by atoms with Crippen LogP contribution in [0.4, 0.5) is 0 Å². The van der Waals surface area contributed by atoms with Gasteiger partial charge in [-0.05, 0) is 62.2 Å². The number of aromatic nitrogens is 2. The fraction of sp³-hybridized carbons (Fsp3) is 0.250. The van der Waals surface area contributed by atoms with Gasteiger partial charge in [0.2, 0.25) is 0 Å². The van der Waals surface area contributed by atoms with Gasteiger partial charge in [0, 0.05) is 11.6 Å². The van der Waals surface area contributed by atoms with E-state index in [1.807, 2.05) is 20.8 Å². The standard InChI is InChI=1S/C24H26N2O5/c1-5-12-29-24(28)17-6-8-18(9-7-17)31-23-16(4)25-26-22(23)20-11-10-19(13-21(20)27)30-14-15(2)3/h6-11,13,27H,2,5,12,14H2,1,3-4H3,(H,25,26). The first kappa shape index (κ1) is 22.0. The van der Waals surface area contributed by atoms with E-state index in [1.165, 1.54) is 6.07 Å². The maximum Gasteiger partial charge on any atom is 0.338 e. The monoisotopic (exact) mass is 422 g/mol. The van der Waals surface area contributed by atoms with E-state index in [0.29, 0.717) is 53.0 Å². The summed E-state index contributed by atoms with van der Waals surface area (Å²) < 4.78 is 16.7. The fourth-order valence-electron chi connectivity index (χ4n) is 2.79. The van der Waals surface area contributed by atoms with Gasteiger partial charge in [-0.25, -0.2) is 4.79 Å². The molecule has 7 heteroatoms. The van der Waals surface area contributed by atoms with Gasteiger partial charge in [0.05, 0.1) is 17.9 Å². The molecule has 0 saturated carbocycles. The summed E-state index contributed by atoms with van der Waals surface area (Å²) in [6.45, 7) is 10.2. The molecule has 0 aliphatic rings. The van der Waals surface area contributed by atoms with Gasteiger partial charge in [0.15, 0.2) is 5.75 Å². The molecule has 31 heavy (non-hydrogen) atoms. The number of esters is 1. The van der Waals surface area contributed by atoms with Crippen LogP contribution < -0.4 is 9.47 Å². The van der Waals surface area contributed by atoms with Crippen LogP contribution in [0.25, 0.3) is 11.3 Å². The number of carbonyl (C=O) groups is 1. The lowest BCUT2D eigenvalue weighted by atomic mass is 10.1. The highest BCUT2D eigenvalue weighted by molar-refractivity contribution is 5.89. The van der Waals surface area contributed by atoms with Crippen molar-refractivity contribution in [2.75, 3.05) is 13.2 Å². The van der Waals surface area contributed by atoms with Crippen LogP contribution in [0.1, 0.15) is 36.3 Å². The highest BCUT2D eigenvalue weighted by Gasteiger charge is 2.18. The zero-order chi connectivity index (χ0) is 22.4. The van der Waals surface area contributed by atoms with Gasteiger partial charge in [-0.1, -0.05) is 13.5 Å². The summed E-state index contributed by atoms with van der Waals surface area (Å²) in [7, 11) is 0. The normalized spacial score (nSPS) is 10.5. The Morgan fingerprint density at radius 2 is 1.87 bits per heavy atom. The van der Waals surface area contributed by atoms with Crippen LogP contribution in [0.5, 0.6) is 23.0 Å². The second-order valence-electron chi connectivity index (χ2n) is 7.21. The molecule has 0 radical (unpaired) electrons. The minimum Gasteiger partial charge on any atom is -0.507 e. The van der Waals surface area contributed by atoms with Crippen LogP contribution in [0, 0.1) is 6.92 Å². The topological polar surface area (TPSA) is 93.7 Å². The Morgan fingerprint density at radius 3 is 2.52 bits per heavy atom. The predicted octanol–water partition coefficient (Wildman–Crippen LogP) is 5.40. The maximum absolute atomic E-state index is 12.0. The summed E-state index contributed by atoms with van der Waals surface area (Å²) in [4.78, 5) is 12.0. The molecule has 0 saturated heterocycles. The van der Waals surface area contributed by atoms with Gasteiger partial charge in [-0.3, -0.25) is 5.10 Å². The molecule has 3 aromatic rings. The Hall–Kier alpha value is -3.74. The number of hydrogen-bond donors (Lipinski definition) is 2. The van der Waals surface area contributed by atoms with E-state index in [9.17, 15) is 9.90 Å². The Bertz CT molecular complexity index is 1070. The molecule has 2 aromatic carbocycles. The van der Waals surface area contributed by atoms with Gasteiger partial charge in [-0.15, -0.1) is 0 Å². The first-order valence-corrected chi connectivity index (χ1v) is 9.99. The minimum atomic E-state index is -0.368. The quantitative estimate of drug-likeness (QED) is 0.354. The first-order chi connectivity index (χ1) is 14.9. The van der Waals surface area contributed by atoms with E-state index < -0.39 is 0 Å². The van der Waals surface area contributed by atoms with E-state index in [1.54, 1.807) is 36.4 Å². The third kappa shape index (κ3) is 5.45. The first-order valence-electron chi connectivity index (χ1n) is 9.99. The lowest BCUT2D eigenvalue weighted by Gasteiger charge is -2.11. The van der Waals surface area contributed by atoms with Gasteiger partial charge < -0.3 is 19.3 Å². The third-order valence-electron chi connectivity index (χ3n) is 4.35. The summed E-state index contributed by atoms with van der Waals surface area (Å²) in [5.74, 6) is 1.19. The van der Waals surface area contributed by atoms with Crippen molar-refractivity contribution in [3.05, 3.63) is 65.9 Å². The van der Waals surface area contributed by atoms with Gasteiger partial charge in [-0.2, -0.15) is 5.10 Å². The van der Waals surface area contributed by atoms with Crippen LogP contribution in [0.15, 0.2) is 54.6 Å². The van der Waals surface area contributed by atoms with Crippen LogP contribution in [-0.2, 0) is 4.74 Å². The molecule has 0 atom stereocenters. The van der Waals surface area contributed by atoms with Crippen molar-refractivity contribution < 1.29 is 24.1 Å². The largest absolute Gasteiger partial charge is 0.507 e. The number of nitrogens with zero attached hydrogens (tertiary/aromatic N) is 1. The molecule has 0 spiro atoms. The number of aryl methyl sites for hydroxylation is 1. The summed E-state index contributed by atoms with van der Waals surface area (Å²) in [5, 5.41) is 17.7. The lowest BCUT2D eigenvalue weighted by molar-refractivity contribution is 0.0505. The van der Waals surface area contributed by atoms with Crippen molar-refractivity contribution in [2.24, 2.45) is 0 Å². The SMILES string of the molecule is C=C(C)COc1ccc(-c2n[nH]c(C)c2Oc2ccc(C(=O)OCCC)cc2)c(O)c1. The smallest absolute Gasteiger partial charge is 0.338 e. The van der Waals surface area contributed by atoms with E-state index in [2.05, 4.69) is 16.8 Å². The third-order valence-corrected chi connectivity index (χ3v) is 4.35. The molecule has 3 rings (SSSR count). The zero-order valence-electron chi connectivity index (χ0n) is 17.9. The van der Waals surface area contributed by atoms with E-state index in [4.69, 9.17) is 14.2 Å². The Morgan fingerprint density at radius 1 is 1.16 bits per heavy atom. The lowest BCUT2D eigenvalue weighted by Crippen LogP contribution is -2.05. The summed E-state index contributed by atoms with van der Waals surface area (Å²) >= 11 is 0. The van der Waals surface area contributed by atoms with Gasteiger partial charge >= 0.3 is 5.97 Å². The predicted molar refractivity (Wildman–Crippen MR) is 118 cm³/mol. The average Bonchev–Trinajstić information content (AvgIpc) is 3.11.